The average molecular weight is 282 g/mol. The fourth-order valence-corrected chi connectivity index (χ4v) is 3.31. The van der Waals surface area contributed by atoms with Gasteiger partial charge in [0.2, 0.25) is 0 Å². The van der Waals surface area contributed by atoms with Crippen LogP contribution in [-0.4, -0.2) is 60.1 Å². The highest BCUT2D eigenvalue weighted by molar-refractivity contribution is 5.81. The van der Waals surface area contributed by atoms with Crippen molar-refractivity contribution in [2.45, 2.75) is 58.7 Å². The van der Waals surface area contributed by atoms with Crippen molar-refractivity contribution in [3.63, 3.8) is 0 Å². The summed E-state index contributed by atoms with van der Waals surface area (Å²) in [6.07, 6.45) is 3.10. The molecule has 20 heavy (non-hydrogen) atoms. The zero-order valence-corrected chi connectivity index (χ0v) is 13.5. The Morgan fingerprint density at radius 1 is 1.35 bits per heavy atom. The zero-order valence-electron chi connectivity index (χ0n) is 13.5. The van der Waals surface area contributed by atoms with Crippen molar-refractivity contribution in [2.75, 3.05) is 32.7 Å². The molecule has 2 rings (SSSR count). The molecule has 2 aliphatic rings. The standard InChI is InChI=1S/C16H30N2O2/c1-5-18-12-16(20-14(4)15(18)19)7-10-17(11-8-16)9-6-13(2)3/h13-14H,5-12H2,1-4H3. The number of piperidine rings is 1. The van der Waals surface area contributed by atoms with Gasteiger partial charge in [0.15, 0.2) is 0 Å². The SMILES string of the molecule is CCN1CC2(CCN(CCC(C)C)CC2)OC(C)C1=O. The van der Waals surface area contributed by atoms with E-state index >= 15 is 0 Å². The summed E-state index contributed by atoms with van der Waals surface area (Å²) in [5, 5.41) is 0. The molecule has 4 nitrogen and oxygen atoms in total. The van der Waals surface area contributed by atoms with Gasteiger partial charge < -0.3 is 14.5 Å². The van der Waals surface area contributed by atoms with Crippen LogP contribution in [0.1, 0.15) is 47.0 Å². The number of rotatable bonds is 4. The minimum atomic E-state index is -0.272. The van der Waals surface area contributed by atoms with Crippen molar-refractivity contribution < 1.29 is 9.53 Å². The summed E-state index contributed by atoms with van der Waals surface area (Å²) in [7, 11) is 0. The van der Waals surface area contributed by atoms with Crippen molar-refractivity contribution >= 4 is 5.91 Å². The van der Waals surface area contributed by atoms with Gasteiger partial charge in [-0.15, -0.1) is 0 Å². The van der Waals surface area contributed by atoms with E-state index < -0.39 is 0 Å². The second kappa shape index (κ2) is 6.44. The predicted octanol–water partition coefficient (Wildman–Crippen LogP) is 2.13. The van der Waals surface area contributed by atoms with E-state index in [-0.39, 0.29) is 17.6 Å². The largest absolute Gasteiger partial charge is 0.360 e. The minimum Gasteiger partial charge on any atom is -0.360 e. The van der Waals surface area contributed by atoms with E-state index in [2.05, 4.69) is 25.7 Å². The van der Waals surface area contributed by atoms with Gasteiger partial charge >= 0.3 is 0 Å². The predicted molar refractivity (Wildman–Crippen MR) is 80.7 cm³/mol. The maximum atomic E-state index is 12.0. The molecule has 2 fully saturated rings. The Bertz CT molecular complexity index is 335. The number of carbonyl (C=O) groups excluding carboxylic acids is 1. The molecule has 2 saturated heterocycles. The smallest absolute Gasteiger partial charge is 0.251 e. The fourth-order valence-electron chi connectivity index (χ4n) is 3.31. The molecular formula is C16H30N2O2. The Hall–Kier alpha value is -0.610. The van der Waals surface area contributed by atoms with Crippen molar-refractivity contribution in [3.8, 4) is 0 Å². The van der Waals surface area contributed by atoms with Crippen LogP contribution in [0.4, 0.5) is 0 Å². The van der Waals surface area contributed by atoms with Gasteiger partial charge in [0.1, 0.15) is 6.10 Å². The normalized spacial score (nSPS) is 27.6. The van der Waals surface area contributed by atoms with Gasteiger partial charge in [-0.3, -0.25) is 4.79 Å². The number of hydrogen-bond acceptors (Lipinski definition) is 3. The van der Waals surface area contributed by atoms with Crippen molar-refractivity contribution in [1.29, 1.82) is 0 Å². The first-order chi connectivity index (χ1) is 9.46. The van der Waals surface area contributed by atoms with Gasteiger partial charge in [0, 0.05) is 26.2 Å². The van der Waals surface area contributed by atoms with Crippen LogP contribution in [0.5, 0.6) is 0 Å². The average Bonchev–Trinajstić information content (AvgIpc) is 2.42. The lowest BCUT2D eigenvalue weighted by molar-refractivity contribution is -0.189. The Morgan fingerprint density at radius 2 is 2.00 bits per heavy atom. The maximum Gasteiger partial charge on any atom is 0.251 e. The number of morpholine rings is 1. The first-order valence-corrected chi connectivity index (χ1v) is 8.15. The highest BCUT2D eigenvalue weighted by Crippen LogP contribution is 2.32. The highest BCUT2D eigenvalue weighted by Gasteiger charge is 2.44. The summed E-state index contributed by atoms with van der Waals surface area (Å²) in [4.78, 5) is 16.5. The quantitative estimate of drug-likeness (QED) is 0.792. The van der Waals surface area contributed by atoms with Crippen LogP contribution < -0.4 is 0 Å². The molecule has 0 aromatic heterocycles. The summed E-state index contributed by atoms with van der Waals surface area (Å²) >= 11 is 0. The molecule has 116 valence electrons. The van der Waals surface area contributed by atoms with Crippen LogP contribution >= 0.6 is 0 Å². The summed E-state index contributed by atoms with van der Waals surface area (Å²) in [5.41, 5.74) is -0.0856. The van der Waals surface area contributed by atoms with Gasteiger partial charge in [-0.2, -0.15) is 0 Å². The van der Waals surface area contributed by atoms with E-state index in [9.17, 15) is 4.79 Å². The van der Waals surface area contributed by atoms with Gasteiger partial charge in [0.25, 0.3) is 5.91 Å². The Labute approximate surface area is 123 Å². The number of likely N-dealkylation sites (N-methyl/N-ethyl adjacent to an activating group) is 1. The zero-order chi connectivity index (χ0) is 14.8. The maximum absolute atomic E-state index is 12.0. The molecule has 1 spiro atoms. The molecular weight excluding hydrogens is 252 g/mol. The number of likely N-dealkylation sites (tertiary alicyclic amines) is 1. The summed E-state index contributed by atoms with van der Waals surface area (Å²) in [6.45, 7) is 13.5. The molecule has 4 heteroatoms. The molecule has 0 aromatic carbocycles. The molecule has 1 amide bonds. The van der Waals surface area contributed by atoms with E-state index in [1.54, 1.807) is 0 Å². The number of nitrogens with zero attached hydrogens (tertiary/aromatic N) is 2. The van der Waals surface area contributed by atoms with Crippen LogP contribution in [0.25, 0.3) is 0 Å². The van der Waals surface area contributed by atoms with Crippen molar-refractivity contribution in [2.24, 2.45) is 5.92 Å². The molecule has 0 aromatic rings. The van der Waals surface area contributed by atoms with Crippen molar-refractivity contribution in [3.05, 3.63) is 0 Å². The van der Waals surface area contributed by atoms with Gasteiger partial charge in [0.05, 0.1) is 5.60 Å². The summed E-state index contributed by atoms with van der Waals surface area (Å²) < 4.78 is 6.12. The van der Waals surface area contributed by atoms with E-state index in [0.717, 1.165) is 44.9 Å². The molecule has 0 radical (unpaired) electrons. The molecule has 1 atom stereocenters. The molecule has 0 saturated carbocycles. The third-order valence-electron chi connectivity index (χ3n) is 4.74. The van der Waals surface area contributed by atoms with Gasteiger partial charge in [-0.1, -0.05) is 13.8 Å². The topological polar surface area (TPSA) is 32.8 Å². The van der Waals surface area contributed by atoms with Gasteiger partial charge in [-0.25, -0.2) is 0 Å². The van der Waals surface area contributed by atoms with E-state index in [0.29, 0.717) is 0 Å². The van der Waals surface area contributed by atoms with Crippen LogP contribution in [0.2, 0.25) is 0 Å². The summed E-state index contributed by atoms with van der Waals surface area (Å²) in [6, 6.07) is 0. The van der Waals surface area contributed by atoms with Crippen LogP contribution in [0.15, 0.2) is 0 Å². The van der Waals surface area contributed by atoms with Crippen molar-refractivity contribution in [1.82, 2.24) is 9.80 Å². The fraction of sp³-hybridized carbons (Fsp3) is 0.938. The van der Waals surface area contributed by atoms with E-state index in [4.69, 9.17) is 4.74 Å². The second-order valence-electron chi connectivity index (χ2n) is 6.82. The molecule has 2 aliphatic heterocycles. The van der Waals surface area contributed by atoms with Gasteiger partial charge in [-0.05, 0) is 45.6 Å². The Balaban J connectivity index is 1.89. The summed E-state index contributed by atoms with van der Waals surface area (Å²) in [5.74, 6) is 0.922. The van der Waals surface area contributed by atoms with E-state index in [1.165, 1.54) is 13.0 Å². The van der Waals surface area contributed by atoms with E-state index in [1.807, 2.05) is 11.8 Å². The number of ether oxygens (including phenoxy) is 1. The lowest BCUT2D eigenvalue weighted by Crippen LogP contribution is -2.61. The lowest BCUT2D eigenvalue weighted by Gasteiger charge is -2.49. The third-order valence-corrected chi connectivity index (χ3v) is 4.74. The number of hydrogen-bond donors (Lipinski definition) is 0. The highest BCUT2D eigenvalue weighted by atomic mass is 16.5. The molecule has 1 unspecified atom stereocenters. The number of amides is 1. The second-order valence-corrected chi connectivity index (χ2v) is 6.82. The van der Waals surface area contributed by atoms with Crippen LogP contribution in [-0.2, 0) is 9.53 Å². The van der Waals surface area contributed by atoms with Crippen LogP contribution in [0, 0.1) is 5.92 Å². The third kappa shape index (κ3) is 3.53. The minimum absolute atomic E-state index is 0.0856. The Kier molecular flexibility index (Phi) is 5.08. The molecule has 2 heterocycles. The van der Waals surface area contributed by atoms with Crippen LogP contribution in [0.3, 0.4) is 0 Å². The Morgan fingerprint density at radius 3 is 2.55 bits per heavy atom. The molecule has 0 bridgehead atoms. The first kappa shape index (κ1) is 15.8. The molecule has 0 N–H and O–H groups in total. The molecule has 0 aliphatic carbocycles. The monoisotopic (exact) mass is 282 g/mol. The lowest BCUT2D eigenvalue weighted by atomic mass is 9.88. The number of carbonyl (C=O) groups is 1. The first-order valence-electron chi connectivity index (χ1n) is 8.15.